The number of rotatable bonds is 35. The number of allylic oxidation sites excluding steroid dienone is 5. The number of aliphatic hydroxyl groups excluding tert-OH is 1. The summed E-state index contributed by atoms with van der Waals surface area (Å²) >= 11 is 0. The van der Waals surface area contributed by atoms with E-state index in [1.54, 1.807) is 0 Å². The molecule has 2 unspecified atom stereocenters. The van der Waals surface area contributed by atoms with Gasteiger partial charge in [0.15, 0.2) is 0 Å². The van der Waals surface area contributed by atoms with E-state index in [2.05, 4.69) is 57.2 Å². The molecule has 0 radical (unpaired) electrons. The van der Waals surface area contributed by atoms with Gasteiger partial charge < -0.3 is 19.3 Å². The molecule has 3 atom stereocenters. The highest BCUT2D eigenvalue weighted by Gasteiger charge is 2.36. The smallest absolute Gasteiger partial charge is 0.305 e. The molecule has 6 heteroatoms. The van der Waals surface area contributed by atoms with Crippen LogP contribution in [0.3, 0.4) is 0 Å². The number of hydrogen-bond donors (Lipinski definition) is 1. The average Bonchev–Trinajstić information content (AvgIpc) is 3.84. The molecule has 1 saturated heterocycles. The lowest BCUT2D eigenvalue weighted by atomic mass is 10.0. The maximum Gasteiger partial charge on any atom is 0.305 e. The van der Waals surface area contributed by atoms with Crippen LogP contribution in [-0.2, 0) is 23.8 Å². The van der Waals surface area contributed by atoms with Gasteiger partial charge >= 0.3 is 11.9 Å². The summed E-state index contributed by atoms with van der Waals surface area (Å²) in [7, 11) is 0. The van der Waals surface area contributed by atoms with E-state index in [0.717, 1.165) is 50.9 Å². The summed E-state index contributed by atoms with van der Waals surface area (Å²) in [5.74, 6) is 0.218. The van der Waals surface area contributed by atoms with E-state index in [9.17, 15) is 14.7 Å². The van der Waals surface area contributed by atoms with Crippen LogP contribution < -0.4 is 0 Å². The minimum Gasteiger partial charge on any atom is -0.463 e. The Bertz CT molecular complexity index is 862. The zero-order chi connectivity index (χ0) is 35.6. The third-order valence-electron chi connectivity index (χ3n) is 9.23. The van der Waals surface area contributed by atoms with Gasteiger partial charge in [0.25, 0.3) is 0 Å². The fraction of sp³-hybridized carbons (Fsp3) is 0.814. The molecule has 0 aliphatic carbocycles. The van der Waals surface area contributed by atoms with Gasteiger partial charge in [-0.15, -0.1) is 0 Å². The molecule has 1 N–H and O–H groups in total. The van der Waals surface area contributed by atoms with Gasteiger partial charge in [-0.2, -0.15) is 0 Å². The van der Waals surface area contributed by atoms with E-state index in [0.29, 0.717) is 31.5 Å². The van der Waals surface area contributed by atoms with Crippen molar-refractivity contribution < 1.29 is 28.9 Å². The van der Waals surface area contributed by atoms with Crippen molar-refractivity contribution in [1.29, 1.82) is 0 Å². The van der Waals surface area contributed by atoms with E-state index >= 15 is 0 Å². The second-order valence-corrected chi connectivity index (χ2v) is 14.6. The fourth-order valence-electron chi connectivity index (χ4n) is 6.00. The summed E-state index contributed by atoms with van der Waals surface area (Å²) in [6.07, 6.45) is 42.4. The highest BCUT2D eigenvalue weighted by atomic mass is 16.6. The number of carbonyl (C=O) groups excluding carboxylic acids is 2. The molecule has 0 amide bonds. The maximum absolute atomic E-state index is 12.0. The normalized spacial score (nSPS) is 16.8. The molecule has 0 saturated carbocycles. The van der Waals surface area contributed by atoms with Crippen molar-refractivity contribution in [2.24, 2.45) is 5.92 Å². The highest BCUT2D eigenvalue weighted by Crippen LogP contribution is 2.30. The molecule has 6 nitrogen and oxygen atoms in total. The van der Waals surface area contributed by atoms with Crippen LogP contribution in [0.15, 0.2) is 36.5 Å². The molecule has 0 spiro atoms. The molecule has 284 valence electrons. The molecular formula is C43H76O6. The Hall–Kier alpha value is -1.92. The quantitative estimate of drug-likeness (QED) is 0.0309. The van der Waals surface area contributed by atoms with Gasteiger partial charge in [0.2, 0.25) is 0 Å². The van der Waals surface area contributed by atoms with Gasteiger partial charge in [-0.25, -0.2) is 0 Å². The Morgan fingerprint density at radius 3 is 1.65 bits per heavy atom. The average molecular weight is 689 g/mol. The third kappa shape index (κ3) is 31.8. The fourth-order valence-corrected chi connectivity index (χ4v) is 6.00. The van der Waals surface area contributed by atoms with Crippen molar-refractivity contribution in [2.45, 2.75) is 206 Å². The second-order valence-electron chi connectivity index (χ2n) is 14.6. The molecule has 1 aliphatic heterocycles. The summed E-state index contributed by atoms with van der Waals surface area (Å²) in [6, 6.07) is 0. The summed E-state index contributed by atoms with van der Waals surface area (Å²) in [5, 5.41) is 10.0. The summed E-state index contributed by atoms with van der Waals surface area (Å²) in [4.78, 5) is 23.9. The number of hydrogen-bond acceptors (Lipinski definition) is 6. The Balaban J connectivity index is 1.84. The van der Waals surface area contributed by atoms with Crippen molar-refractivity contribution in [2.75, 3.05) is 13.2 Å². The highest BCUT2D eigenvalue weighted by molar-refractivity contribution is 5.69. The number of carbonyl (C=O) groups is 2. The van der Waals surface area contributed by atoms with E-state index in [-0.39, 0.29) is 25.2 Å². The van der Waals surface area contributed by atoms with Gasteiger partial charge in [-0.05, 0) is 50.9 Å². The first kappa shape index (κ1) is 45.1. The SMILES string of the molecule is CCCCCC1OC1C/C=C\C/C=C\C/C=C\CCCC(=O)OC[C@H](O)COC(=O)CCCCCCCCCCCCCCCCC(C)C. The van der Waals surface area contributed by atoms with E-state index in [1.807, 2.05) is 0 Å². The Kier molecular flexibility index (Phi) is 30.6. The van der Waals surface area contributed by atoms with E-state index in [4.69, 9.17) is 14.2 Å². The minimum atomic E-state index is -0.987. The van der Waals surface area contributed by atoms with E-state index in [1.165, 1.54) is 103 Å². The van der Waals surface area contributed by atoms with Crippen LogP contribution in [0.1, 0.15) is 188 Å². The first-order valence-electron chi connectivity index (χ1n) is 20.5. The molecule has 1 aliphatic rings. The molecule has 1 fully saturated rings. The van der Waals surface area contributed by atoms with Crippen molar-refractivity contribution in [1.82, 2.24) is 0 Å². The zero-order valence-electron chi connectivity index (χ0n) is 32.1. The molecule has 0 aromatic rings. The molecule has 1 rings (SSSR count). The number of unbranched alkanes of at least 4 members (excludes halogenated alkanes) is 16. The molecule has 49 heavy (non-hydrogen) atoms. The standard InChI is InChI=1S/C43H76O6/c1-4-5-26-32-40-41(49-40)33-28-23-19-15-12-13-17-21-25-30-35-43(46)48-37-39(44)36-47-42(45)34-29-24-20-16-11-9-7-6-8-10-14-18-22-27-31-38(2)3/h12,15,17,21,23,28,38-41,44H,4-11,13-14,16,18-20,22,24-27,29-37H2,1-3H3/b15-12-,21-17-,28-23-/t39-,40?,41?/m1/s1. The largest absolute Gasteiger partial charge is 0.463 e. The van der Waals surface area contributed by atoms with Crippen LogP contribution in [0.25, 0.3) is 0 Å². The third-order valence-corrected chi connectivity index (χ3v) is 9.23. The van der Waals surface area contributed by atoms with Crippen LogP contribution >= 0.6 is 0 Å². The van der Waals surface area contributed by atoms with Crippen LogP contribution in [0.5, 0.6) is 0 Å². The van der Waals surface area contributed by atoms with Gasteiger partial charge in [-0.3, -0.25) is 9.59 Å². The van der Waals surface area contributed by atoms with Crippen molar-refractivity contribution in [3.05, 3.63) is 36.5 Å². The Labute approximate surface area is 301 Å². The Morgan fingerprint density at radius 2 is 1.10 bits per heavy atom. The number of aliphatic hydroxyl groups is 1. The predicted octanol–water partition coefficient (Wildman–Crippen LogP) is 11.7. The van der Waals surface area contributed by atoms with Gasteiger partial charge in [0.1, 0.15) is 19.3 Å². The second kappa shape index (κ2) is 33.2. The van der Waals surface area contributed by atoms with E-state index < -0.39 is 6.10 Å². The van der Waals surface area contributed by atoms with Gasteiger partial charge in [0, 0.05) is 12.8 Å². The lowest BCUT2D eigenvalue weighted by Crippen LogP contribution is -2.25. The topological polar surface area (TPSA) is 85.4 Å². The maximum atomic E-state index is 12.0. The first-order chi connectivity index (χ1) is 23.9. The van der Waals surface area contributed by atoms with Crippen molar-refractivity contribution in [3.8, 4) is 0 Å². The monoisotopic (exact) mass is 689 g/mol. The Morgan fingerprint density at radius 1 is 0.612 bits per heavy atom. The molecule has 0 aromatic carbocycles. The first-order valence-corrected chi connectivity index (χ1v) is 20.5. The van der Waals surface area contributed by atoms with Gasteiger partial charge in [0.05, 0.1) is 12.2 Å². The number of esters is 2. The lowest BCUT2D eigenvalue weighted by Gasteiger charge is -2.12. The molecule has 0 bridgehead atoms. The lowest BCUT2D eigenvalue weighted by molar-refractivity contribution is -0.152. The minimum absolute atomic E-state index is 0.134. The van der Waals surface area contributed by atoms with Crippen molar-refractivity contribution in [3.63, 3.8) is 0 Å². The number of epoxide rings is 1. The summed E-state index contributed by atoms with van der Waals surface area (Å²) < 4.78 is 16.0. The van der Waals surface area contributed by atoms with Crippen LogP contribution in [0.4, 0.5) is 0 Å². The predicted molar refractivity (Wildman–Crippen MR) is 205 cm³/mol. The van der Waals surface area contributed by atoms with Gasteiger partial charge in [-0.1, -0.05) is 166 Å². The number of ether oxygens (including phenoxy) is 3. The summed E-state index contributed by atoms with van der Waals surface area (Å²) in [6.45, 7) is 6.58. The van der Waals surface area contributed by atoms with Crippen molar-refractivity contribution >= 4 is 11.9 Å². The molecular weight excluding hydrogens is 612 g/mol. The zero-order valence-corrected chi connectivity index (χ0v) is 32.1. The van der Waals surface area contributed by atoms with Crippen LogP contribution in [0.2, 0.25) is 0 Å². The van der Waals surface area contributed by atoms with Crippen LogP contribution in [-0.4, -0.2) is 48.6 Å². The summed E-state index contributed by atoms with van der Waals surface area (Å²) in [5.41, 5.74) is 0. The molecule has 1 heterocycles. The molecule has 0 aromatic heterocycles. The van der Waals surface area contributed by atoms with Crippen LogP contribution in [0, 0.1) is 5.92 Å².